The lowest BCUT2D eigenvalue weighted by Gasteiger charge is -2.32. The summed E-state index contributed by atoms with van der Waals surface area (Å²) in [5, 5.41) is 4.22. The largest absolute Gasteiger partial charge is 0.543 e. The molecule has 126 valence electrons. The molecule has 23 heavy (non-hydrogen) atoms. The summed E-state index contributed by atoms with van der Waals surface area (Å²) in [6.45, 7) is 6.07. The van der Waals surface area contributed by atoms with Crippen LogP contribution in [0.15, 0.2) is 24.3 Å². The van der Waals surface area contributed by atoms with Gasteiger partial charge in [-0.25, -0.2) is 14.5 Å². The van der Waals surface area contributed by atoms with Gasteiger partial charge in [-0.05, 0) is 43.7 Å². The number of ether oxygens (including phenoxy) is 1. The van der Waals surface area contributed by atoms with Gasteiger partial charge in [0.15, 0.2) is 0 Å². The fourth-order valence-corrected chi connectivity index (χ4v) is 2.66. The molecule has 2 rings (SSSR count). The fraction of sp³-hybridized carbons (Fsp3) is 0.529. The first kappa shape index (κ1) is 17.3. The monoisotopic (exact) mass is 322 g/mol. The summed E-state index contributed by atoms with van der Waals surface area (Å²) in [5.74, 6) is -0.00861. The van der Waals surface area contributed by atoms with E-state index in [1.54, 1.807) is 24.3 Å². The third-order valence-electron chi connectivity index (χ3n) is 4.38. The van der Waals surface area contributed by atoms with E-state index in [-0.39, 0.29) is 12.0 Å². The second-order valence-electron chi connectivity index (χ2n) is 6.06. The maximum Gasteiger partial charge on any atom is 0.543 e. The fourth-order valence-electron chi connectivity index (χ4n) is 2.66. The number of aryl methyl sites for hydroxylation is 1. The van der Waals surface area contributed by atoms with Crippen LogP contribution in [-0.2, 0) is 19.6 Å². The minimum atomic E-state index is -1.01. The van der Waals surface area contributed by atoms with E-state index in [2.05, 4.69) is 21.7 Å². The van der Waals surface area contributed by atoms with E-state index >= 15 is 0 Å². The Bertz CT molecular complexity index is 539. The van der Waals surface area contributed by atoms with Gasteiger partial charge in [0.2, 0.25) is 0 Å². The van der Waals surface area contributed by atoms with Crippen molar-refractivity contribution in [1.82, 2.24) is 0 Å². The summed E-state index contributed by atoms with van der Waals surface area (Å²) in [7, 11) is 0. The third kappa shape index (κ3) is 4.96. The zero-order chi connectivity index (χ0) is 16.8. The molecule has 0 N–H and O–H groups in total. The van der Waals surface area contributed by atoms with Crippen LogP contribution in [0.4, 0.5) is 4.79 Å². The predicted molar refractivity (Wildman–Crippen MR) is 81.2 cm³/mol. The molecule has 1 aliphatic carbocycles. The molecule has 1 aromatic carbocycles. The Kier molecular flexibility index (Phi) is 5.98. The lowest BCUT2D eigenvalue weighted by atomic mass is 9.79. The number of carbonyl (C=O) groups excluding carboxylic acids is 2. The summed E-state index contributed by atoms with van der Waals surface area (Å²) < 4.78 is 5.20. The topological polar surface area (TPSA) is 71.1 Å². The van der Waals surface area contributed by atoms with Crippen LogP contribution in [-0.4, -0.2) is 18.2 Å². The standard InChI is InChI=1S/C17H22O6/c1-11-7-9-14(10-8-11)16(18)21-23-22-17(19)20-15-6-4-5-12(2)13(15)3/h7-10,12-13,15H,4-6H2,1-3H3. The van der Waals surface area contributed by atoms with Gasteiger partial charge in [0.25, 0.3) is 0 Å². The Morgan fingerprint density at radius 2 is 1.74 bits per heavy atom. The predicted octanol–water partition coefficient (Wildman–Crippen LogP) is 3.98. The van der Waals surface area contributed by atoms with Crippen LogP contribution in [0.25, 0.3) is 0 Å². The average Bonchev–Trinajstić information content (AvgIpc) is 2.52. The lowest BCUT2D eigenvalue weighted by molar-refractivity contribution is -0.453. The van der Waals surface area contributed by atoms with Crippen molar-refractivity contribution in [3.8, 4) is 0 Å². The summed E-state index contributed by atoms with van der Waals surface area (Å²) in [4.78, 5) is 32.0. The molecule has 0 bridgehead atoms. The average molecular weight is 322 g/mol. The smallest absolute Gasteiger partial charge is 0.429 e. The summed E-state index contributed by atoms with van der Waals surface area (Å²) in [5.41, 5.74) is 1.31. The first-order valence-electron chi connectivity index (χ1n) is 7.80. The minimum Gasteiger partial charge on any atom is -0.429 e. The highest BCUT2D eigenvalue weighted by molar-refractivity contribution is 5.88. The van der Waals surface area contributed by atoms with Crippen molar-refractivity contribution in [2.24, 2.45) is 11.8 Å². The van der Waals surface area contributed by atoms with Crippen LogP contribution in [0.1, 0.15) is 49.0 Å². The number of hydrogen-bond acceptors (Lipinski definition) is 6. The van der Waals surface area contributed by atoms with Crippen LogP contribution < -0.4 is 0 Å². The van der Waals surface area contributed by atoms with E-state index in [0.717, 1.165) is 24.8 Å². The van der Waals surface area contributed by atoms with Crippen molar-refractivity contribution in [2.75, 3.05) is 0 Å². The van der Waals surface area contributed by atoms with E-state index in [9.17, 15) is 9.59 Å². The molecule has 0 radical (unpaired) electrons. The molecule has 6 heteroatoms. The van der Waals surface area contributed by atoms with Crippen LogP contribution >= 0.6 is 0 Å². The van der Waals surface area contributed by atoms with Crippen molar-refractivity contribution < 1.29 is 29.1 Å². The summed E-state index contributed by atoms with van der Waals surface area (Å²) in [6.07, 6.45) is 1.72. The summed E-state index contributed by atoms with van der Waals surface area (Å²) in [6, 6.07) is 6.70. The SMILES string of the molecule is Cc1ccc(C(=O)OOOC(=O)OC2CCCC(C)C2C)cc1. The molecule has 0 spiro atoms. The zero-order valence-electron chi connectivity index (χ0n) is 13.6. The minimum absolute atomic E-state index is 0.206. The quantitative estimate of drug-likeness (QED) is 0.474. The second-order valence-corrected chi connectivity index (χ2v) is 6.06. The first-order valence-corrected chi connectivity index (χ1v) is 7.80. The lowest BCUT2D eigenvalue weighted by Crippen LogP contribution is -2.33. The molecule has 0 saturated heterocycles. The molecule has 1 saturated carbocycles. The molecular formula is C17H22O6. The van der Waals surface area contributed by atoms with Gasteiger partial charge in [0, 0.05) is 0 Å². The van der Waals surface area contributed by atoms with E-state index < -0.39 is 12.1 Å². The molecule has 0 aromatic heterocycles. The van der Waals surface area contributed by atoms with Gasteiger partial charge >= 0.3 is 12.1 Å². The molecule has 6 nitrogen and oxygen atoms in total. The molecule has 3 unspecified atom stereocenters. The van der Waals surface area contributed by atoms with Crippen LogP contribution in [0.2, 0.25) is 0 Å². The Labute approximate surface area is 135 Å². The van der Waals surface area contributed by atoms with Crippen molar-refractivity contribution >= 4 is 12.1 Å². The highest BCUT2D eigenvalue weighted by Crippen LogP contribution is 2.31. The Hall–Kier alpha value is -2.08. The van der Waals surface area contributed by atoms with Gasteiger partial charge in [0.05, 0.1) is 10.6 Å². The molecule has 3 atom stereocenters. The van der Waals surface area contributed by atoms with E-state index in [1.807, 2.05) is 13.8 Å². The number of hydrogen-bond donors (Lipinski definition) is 0. The van der Waals surface area contributed by atoms with Crippen LogP contribution in [0.3, 0.4) is 0 Å². The summed E-state index contributed by atoms with van der Waals surface area (Å²) >= 11 is 0. The highest BCUT2D eigenvalue weighted by atomic mass is 17.5. The first-order chi connectivity index (χ1) is 11.0. The van der Waals surface area contributed by atoms with Crippen molar-refractivity contribution in [3.05, 3.63) is 35.4 Å². The maximum atomic E-state index is 11.6. The van der Waals surface area contributed by atoms with Crippen molar-refractivity contribution in [2.45, 2.75) is 46.1 Å². The molecule has 0 amide bonds. The molecule has 0 heterocycles. The zero-order valence-corrected chi connectivity index (χ0v) is 13.6. The van der Waals surface area contributed by atoms with E-state index in [4.69, 9.17) is 4.74 Å². The third-order valence-corrected chi connectivity index (χ3v) is 4.38. The molecule has 1 aromatic rings. The maximum absolute atomic E-state index is 11.6. The van der Waals surface area contributed by atoms with Crippen molar-refractivity contribution in [1.29, 1.82) is 0 Å². The molecule has 1 fully saturated rings. The Balaban J connectivity index is 1.72. The molecule has 0 aliphatic heterocycles. The number of carbonyl (C=O) groups is 2. The van der Waals surface area contributed by atoms with Gasteiger partial charge in [-0.2, -0.15) is 0 Å². The highest BCUT2D eigenvalue weighted by Gasteiger charge is 2.30. The van der Waals surface area contributed by atoms with E-state index in [1.165, 1.54) is 0 Å². The van der Waals surface area contributed by atoms with Gasteiger partial charge in [-0.3, -0.25) is 4.89 Å². The molecular weight excluding hydrogens is 300 g/mol. The number of rotatable bonds is 4. The second kappa shape index (κ2) is 7.97. The Morgan fingerprint density at radius 3 is 2.43 bits per heavy atom. The van der Waals surface area contributed by atoms with E-state index in [0.29, 0.717) is 11.5 Å². The Morgan fingerprint density at radius 1 is 1.04 bits per heavy atom. The van der Waals surface area contributed by atoms with Gasteiger partial charge in [-0.1, -0.05) is 38.0 Å². The normalized spacial score (nSPS) is 23.9. The van der Waals surface area contributed by atoms with Crippen molar-refractivity contribution in [3.63, 3.8) is 0 Å². The number of benzene rings is 1. The van der Waals surface area contributed by atoms with Gasteiger partial charge in [-0.15, -0.1) is 0 Å². The van der Waals surface area contributed by atoms with Crippen LogP contribution in [0.5, 0.6) is 0 Å². The molecule has 1 aliphatic rings. The van der Waals surface area contributed by atoms with Gasteiger partial charge in [0.1, 0.15) is 6.10 Å². The van der Waals surface area contributed by atoms with Crippen LogP contribution in [0, 0.1) is 18.8 Å². The van der Waals surface area contributed by atoms with Gasteiger partial charge < -0.3 is 4.74 Å².